The first kappa shape index (κ1) is 10.4. The molecule has 1 heterocycles. The van der Waals surface area contributed by atoms with Gasteiger partial charge in [0.05, 0.1) is 4.92 Å². The minimum Gasteiger partial charge on any atom is -0.482 e. The molecule has 0 saturated carbocycles. The molecule has 0 radical (unpaired) electrons. The molecule has 1 aliphatic heterocycles. The molecule has 0 aliphatic carbocycles. The zero-order valence-corrected chi connectivity index (χ0v) is 8.33. The molecule has 0 fully saturated rings. The Morgan fingerprint density at radius 3 is 2.94 bits per heavy atom. The van der Waals surface area contributed by atoms with E-state index in [1.807, 2.05) is 0 Å². The Morgan fingerprint density at radius 2 is 2.31 bits per heavy atom. The fourth-order valence-electron chi connectivity index (χ4n) is 1.60. The van der Waals surface area contributed by atoms with Crippen LogP contribution in [0.4, 0.5) is 5.69 Å². The van der Waals surface area contributed by atoms with Gasteiger partial charge in [0.1, 0.15) is 6.10 Å². The fourth-order valence-corrected chi connectivity index (χ4v) is 1.60. The van der Waals surface area contributed by atoms with Gasteiger partial charge in [-0.15, -0.1) is 0 Å². The van der Waals surface area contributed by atoms with Crippen LogP contribution in [0.1, 0.15) is 18.1 Å². The predicted molar refractivity (Wildman–Crippen MR) is 55.7 cm³/mol. The summed E-state index contributed by atoms with van der Waals surface area (Å²) in [5.74, 6) is 0.288. The van der Waals surface area contributed by atoms with Gasteiger partial charge in [-0.25, -0.2) is 0 Å². The van der Waals surface area contributed by atoms with Crippen LogP contribution in [0.25, 0.3) is 0 Å². The molecule has 16 heavy (non-hydrogen) atoms. The molecule has 0 N–H and O–H groups in total. The number of aldehydes is 1. The number of non-ortho nitro benzene ring substituents is 1. The maximum Gasteiger partial charge on any atom is 0.269 e. The Balaban J connectivity index is 2.20. The molecule has 0 amide bonds. The van der Waals surface area contributed by atoms with Crippen LogP contribution in [0, 0.1) is 10.1 Å². The molecule has 0 spiro atoms. The summed E-state index contributed by atoms with van der Waals surface area (Å²) >= 11 is 0. The van der Waals surface area contributed by atoms with Crippen LogP contribution in [-0.4, -0.2) is 11.2 Å². The molecule has 1 aromatic carbocycles. The van der Waals surface area contributed by atoms with E-state index in [1.165, 1.54) is 12.1 Å². The monoisotopic (exact) mass is 219 g/mol. The van der Waals surface area contributed by atoms with Crippen LogP contribution < -0.4 is 0 Å². The molecule has 0 bridgehead atoms. The second kappa shape index (κ2) is 4.14. The maximum atomic E-state index is 10.6. The molecule has 2 rings (SSSR count). The lowest BCUT2D eigenvalue weighted by Crippen LogP contribution is -1.99. The van der Waals surface area contributed by atoms with Gasteiger partial charge in [0, 0.05) is 18.6 Å². The normalized spacial score (nSPS) is 18.8. The average molecular weight is 219 g/mol. The second-order valence-corrected chi connectivity index (χ2v) is 3.42. The zero-order valence-electron chi connectivity index (χ0n) is 8.33. The van der Waals surface area contributed by atoms with Crippen molar-refractivity contribution in [3.63, 3.8) is 0 Å². The topological polar surface area (TPSA) is 69.4 Å². The summed E-state index contributed by atoms with van der Waals surface area (Å²) < 4.78 is 5.30. The number of hydrogen-bond acceptors (Lipinski definition) is 4. The first-order chi connectivity index (χ1) is 7.70. The first-order valence-electron chi connectivity index (χ1n) is 4.77. The average Bonchev–Trinajstić information content (AvgIpc) is 2.77. The smallest absolute Gasteiger partial charge is 0.269 e. The number of nitrogens with zero attached hydrogens (tertiary/aromatic N) is 1. The number of rotatable bonds is 3. The number of hydrogen-bond donors (Lipinski definition) is 0. The molecule has 1 aromatic rings. The summed E-state index contributed by atoms with van der Waals surface area (Å²) in [6, 6.07) is 6.24. The van der Waals surface area contributed by atoms with Crippen LogP contribution in [0.2, 0.25) is 0 Å². The first-order valence-corrected chi connectivity index (χ1v) is 4.77. The quantitative estimate of drug-likeness (QED) is 0.443. The molecule has 5 heteroatoms. The van der Waals surface area contributed by atoms with E-state index in [9.17, 15) is 14.9 Å². The summed E-state index contributed by atoms with van der Waals surface area (Å²) in [5.41, 5.74) is 0.739. The SMILES string of the molecule is O=CC1=CCC(c2cccc([N+](=O)[O-])c2)O1. The molecule has 5 nitrogen and oxygen atoms in total. The largest absolute Gasteiger partial charge is 0.482 e. The molecule has 1 atom stereocenters. The number of nitro groups is 1. The molecule has 0 aromatic heterocycles. The Morgan fingerprint density at radius 1 is 1.50 bits per heavy atom. The van der Waals surface area contributed by atoms with E-state index in [0.29, 0.717) is 18.3 Å². The van der Waals surface area contributed by atoms with E-state index in [-0.39, 0.29) is 17.6 Å². The molecular weight excluding hydrogens is 210 g/mol. The van der Waals surface area contributed by atoms with Gasteiger partial charge in [0.2, 0.25) is 0 Å². The fraction of sp³-hybridized carbons (Fsp3) is 0.182. The summed E-state index contributed by atoms with van der Waals surface area (Å²) in [4.78, 5) is 20.6. The van der Waals surface area contributed by atoms with Crippen LogP contribution in [0.15, 0.2) is 36.1 Å². The van der Waals surface area contributed by atoms with E-state index in [1.54, 1.807) is 18.2 Å². The zero-order chi connectivity index (χ0) is 11.5. The van der Waals surface area contributed by atoms with Crippen LogP contribution >= 0.6 is 0 Å². The van der Waals surface area contributed by atoms with E-state index >= 15 is 0 Å². The van der Waals surface area contributed by atoms with Gasteiger partial charge >= 0.3 is 0 Å². The van der Waals surface area contributed by atoms with Crippen LogP contribution in [-0.2, 0) is 9.53 Å². The Bertz CT molecular complexity index is 467. The molecule has 1 aliphatic rings. The van der Waals surface area contributed by atoms with Gasteiger partial charge in [0.25, 0.3) is 5.69 Å². The van der Waals surface area contributed by atoms with Crippen LogP contribution in [0.3, 0.4) is 0 Å². The number of allylic oxidation sites excluding steroid dienone is 1. The van der Waals surface area contributed by atoms with Crippen LogP contribution in [0.5, 0.6) is 0 Å². The summed E-state index contributed by atoms with van der Waals surface area (Å²) in [5, 5.41) is 10.6. The van der Waals surface area contributed by atoms with Gasteiger partial charge in [0.15, 0.2) is 12.0 Å². The van der Waals surface area contributed by atoms with Gasteiger partial charge < -0.3 is 4.74 Å². The third-order valence-corrected chi connectivity index (χ3v) is 2.38. The lowest BCUT2D eigenvalue weighted by molar-refractivity contribution is -0.385. The van der Waals surface area contributed by atoms with Gasteiger partial charge in [-0.3, -0.25) is 14.9 Å². The van der Waals surface area contributed by atoms with Crippen molar-refractivity contribution in [2.24, 2.45) is 0 Å². The summed E-state index contributed by atoms with van der Waals surface area (Å²) in [6.07, 6.45) is 2.59. The third-order valence-electron chi connectivity index (χ3n) is 2.38. The van der Waals surface area contributed by atoms with Crippen molar-refractivity contribution in [1.82, 2.24) is 0 Å². The Labute approximate surface area is 91.5 Å². The Kier molecular flexibility index (Phi) is 2.68. The Hall–Kier alpha value is -2.17. The van der Waals surface area contributed by atoms with Crippen molar-refractivity contribution >= 4 is 12.0 Å². The lowest BCUT2D eigenvalue weighted by Gasteiger charge is -2.11. The van der Waals surface area contributed by atoms with Crippen molar-refractivity contribution in [3.05, 3.63) is 51.8 Å². The van der Waals surface area contributed by atoms with E-state index < -0.39 is 4.92 Å². The van der Waals surface area contributed by atoms with Crippen molar-refractivity contribution < 1.29 is 14.5 Å². The highest BCUT2D eigenvalue weighted by Gasteiger charge is 2.21. The van der Waals surface area contributed by atoms with Gasteiger partial charge in [-0.05, 0) is 11.6 Å². The van der Waals surface area contributed by atoms with E-state index in [2.05, 4.69) is 0 Å². The number of ether oxygens (including phenoxy) is 1. The van der Waals surface area contributed by atoms with Gasteiger partial charge in [-0.2, -0.15) is 0 Å². The highest BCUT2D eigenvalue weighted by Crippen LogP contribution is 2.31. The van der Waals surface area contributed by atoms with E-state index in [4.69, 9.17) is 4.74 Å². The molecular formula is C11H9NO4. The van der Waals surface area contributed by atoms with E-state index in [0.717, 1.165) is 0 Å². The predicted octanol–water partition coefficient (Wildman–Crippen LogP) is 2.14. The molecule has 0 saturated heterocycles. The summed E-state index contributed by atoms with van der Waals surface area (Å²) in [7, 11) is 0. The highest BCUT2D eigenvalue weighted by atomic mass is 16.6. The molecule has 82 valence electrons. The van der Waals surface area contributed by atoms with Gasteiger partial charge in [-0.1, -0.05) is 12.1 Å². The van der Waals surface area contributed by atoms with Crippen molar-refractivity contribution in [2.45, 2.75) is 12.5 Å². The third kappa shape index (κ3) is 1.93. The maximum absolute atomic E-state index is 10.6. The second-order valence-electron chi connectivity index (χ2n) is 3.42. The number of benzene rings is 1. The van der Waals surface area contributed by atoms with Crippen molar-refractivity contribution in [2.75, 3.05) is 0 Å². The van der Waals surface area contributed by atoms with Crippen molar-refractivity contribution in [3.8, 4) is 0 Å². The minimum atomic E-state index is -0.452. The minimum absolute atomic E-state index is 0.0284. The summed E-state index contributed by atoms with van der Waals surface area (Å²) in [6.45, 7) is 0. The lowest BCUT2D eigenvalue weighted by atomic mass is 10.1. The standard InChI is InChI=1S/C11H9NO4/c13-7-10-4-5-11(16-10)8-2-1-3-9(6-8)12(14)15/h1-4,6-7,11H,5H2. The molecule has 1 unspecified atom stereocenters. The number of carbonyl (C=O) groups excluding carboxylic acids is 1. The highest BCUT2D eigenvalue weighted by molar-refractivity contribution is 5.70. The number of carbonyl (C=O) groups is 1. The van der Waals surface area contributed by atoms with Crippen molar-refractivity contribution in [1.29, 1.82) is 0 Å². The number of nitro benzene ring substituents is 1.